The third-order valence-corrected chi connectivity index (χ3v) is 11.2. The minimum Gasteiger partial charge on any atom is -0.396 e. The number of thioether (sulfide) groups is 2. The van der Waals surface area contributed by atoms with E-state index in [1.165, 1.54) is 89.9 Å². The third kappa shape index (κ3) is 11.8. The van der Waals surface area contributed by atoms with Crippen molar-refractivity contribution in [2.75, 3.05) is 13.2 Å². The molecule has 190 valence electrons. The molecule has 2 nitrogen and oxygen atoms in total. The number of rotatable bonds is 15. The highest BCUT2D eigenvalue weighted by Crippen LogP contribution is 2.41. The van der Waals surface area contributed by atoms with E-state index in [1.54, 1.807) is 0 Å². The lowest BCUT2D eigenvalue weighted by atomic mass is 9.88. The predicted octanol–water partition coefficient (Wildman–Crippen LogP) is 8.23. The molecule has 2 aliphatic heterocycles. The molecule has 2 rings (SSSR count). The smallest absolute Gasteiger partial charge is 0.0482 e. The van der Waals surface area contributed by atoms with Crippen LogP contribution in [0.2, 0.25) is 0 Å². The quantitative estimate of drug-likeness (QED) is 0.229. The summed E-state index contributed by atoms with van der Waals surface area (Å²) in [5.41, 5.74) is 0.210. The molecule has 0 radical (unpaired) electrons. The zero-order valence-corrected chi connectivity index (χ0v) is 23.4. The Kier molecular flexibility index (Phi) is 13.4. The largest absolute Gasteiger partial charge is 0.396 e. The van der Waals surface area contributed by atoms with E-state index in [0.29, 0.717) is 13.2 Å². The van der Waals surface area contributed by atoms with Crippen molar-refractivity contribution in [2.45, 2.75) is 151 Å². The fourth-order valence-corrected chi connectivity index (χ4v) is 8.74. The van der Waals surface area contributed by atoms with Crippen molar-refractivity contribution in [1.29, 1.82) is 0 Å². The molecule has 4 heteroatoms. The molecule has 0 aromatic carbocycles. The second kappa shape index (κ2) is 14.9. The lowest BCUT2D eigenvalue weighted by Crippen LogP contribution is -2.22. The van der Waals surface area contributed by atoms with E-state index in [1.807, 2.05) is 0 Å². The predicted molar refractivity (Wildman–Crippen MR) is 146 cm³/mol. The SMILES string of the molecule is CC(C)(CO)CCCCC1CCCC(CCC2CCCC(CCCCC(C)(C)CO)S2)S1. The molecule has 2 saturated heterocycles. The van der Waals surface area contributed by atoms with Gasteiger partial charge in [0.2, 0.25) is 0 Å². The Hall–Kier alpha value is 0.620. The Morgan fingerprint density at radius 1 is 0.562 bits per heavy atom. The van der Waals surface area contributed by atoms with Gasteiger partial charge in [-0.3, -0.25) is 0 Å². The molecule has 32 heavy (non-hydrogen) atoms. The van der Waals surface area contributed by atoms with Gasteiger partial charge < -0.3 is 10.2 Å². The molecular weight excluding hydrogens is 432 g/mol. The molecule has 0 aliphatic carbocycles. The molecule has 2 heterocycles. The Morgan fingerprint density at radius 2 is 0.906 bits per heavy atom. The molecule has 4 unspecified atom stereocenters. The summed E-state index contributed by atoms with van der Waals surface area (Å²) in [6.07, 6.45) is 21.8. The van der Waals surface area contributed by atoms with Crippen LogP contribution in [0.15, 0.2) is 0 Å². The zero-order valence-electron chi connectivity index (χ0n) is 21.7. The highest BCUT2D eigenvalue weighted by molar-refractivity contribution is 8.00. The number of aliphatic hydroxyl groups is 2. The maximum atomic E-state index is 9.44. The van der Waals surface area contributed by atoms with E-state index < -0.39 is 0 Å². The lowest BCUT2D eigenvalue weighted by Gasteiger charge is -2.32. The third-order valence-electron chi connectivity index (χ3n) is 7.80. The van der Waals surface area contributed by atoms with Crippen LogP contribution in [0.4, 0.5) is 0 Å². The van der Waals surface area contributed by atoms with Gasteiger partial charge in [0.15, 0.2) is 0 Å². The van der Waals surface area contributed by atoms with E-state index in [4.69, 9.17) is 0 Å². The van der Waals surface area contributed by atoms with Gasteiger partial charge in [0.05, 0.1) is 0 Å². The highest BCUT2D eigenvalue weighted by Gasteiger charge is 2.26. The molecule has 0 amide bonds. The van der Waals surface area contributed by atoms with Crippen molar-refractivity contribution in [3.63, 3.8) is 0 Å². The summed E-state index contributed by atoms with van der Waals surface area (Å²) in [5.74, 6) is 0. The van der Waals surface area contributed by atoms with Gasteiger partial charge >= 0.3 is 0 Å². The first kappa shape index (κ1) is 28.9. The van der Waals surface area contributed by atoms with Crippen LogP contribution in [0.5, 0.6) is 0 Å². The molecule has 0 aromatic heterocycles. The Balaban J connectivity index is 1.59. The van der Waals surface area contributed by atoms with E-state index in [9.17, 15) is 10.2 Å². The van der Waals surface area contributed by atoms with Gasteiger partial charge in [-0.2, -0.15) is 23.5 Å². The summed E-state index contributed by atoms with van der Waals surface area (Å²) in [5, 5.41) is 22.5. The highest BCUT2D eigenvalue weighted by atomic mass is 32.2. The number of hydrogen-bond acceptors (Lipinski definition) is 4. The number of aliphatic hydroxyl groups excluding tert-OH is 2. The van der Waals surface area contributed by atoms with Crippen LogP contribution in [0.3, 0.4) is 0 Å². The van der Waals surface area contributed by atoms with Crippen LogP contribution in [0.1, 0.15) is 130 Å². The van der Waals surface area contributed by atoms with Gasteiger partial charge in [-0.05, 0) is 75.0 Å². The van der Waals surface area contributed by atoms with E-state index in [-0.39, 0.29) is 10.8 Å². The molecule has 0 bridgehead atoms. The Morgan fingerprint density at radius 3 is 1.25 bits per heavy atom. The first-order valence-corrected chi connectivity index (χ1v) is 15.6. The van der Waals surface area contributed by atoms with Gasteiger partial charge in [-0.1, -0.05) is 66.2 Å². The van der Waals surface area contributed by atoms with Crippen molar-refractivity contribution in [3.8, 4) is 0 Å². The minimum atomic E-state index is 0.105. The van der Waals surface area contributed by atoms with Crippen LogP contribution in [0.25, 0.3) is 0 Å². The Labute approximate surface area is 208 Å². The molecule has 0 spiro atoms. The normalized spacial score (nSPS) is 27.6. The van der Waals surface area contributed by atoms with Crippen molar-refractivity contribution < 1.29 is 10.2 Å². The summed E-state index contributed by atoms with van der Waals surface area (Å²) >= 11 is 4.65. The first-order valence-electron chi connectivity index (χ1n) is 13.8. The van der Waals surface area contributed by atoms with Gasteiger partial charge in [-0.25, -0.2) is 0 Å². The molecule has 4 atom stereocenters. The van der Waals surface area contributed by atoms with Crippen LogP contribution in [-0.4, -0.2) is 44.4 Å². The molecule has 2 fully saturated rings. The van der Waals surface area contributed by atoms with E-state index in [0.717, 1.165) is 33.8 Å². The summed E-state index contributed by atoms with van der Waals surface area (Å²) in [6.45, 7) is 9.37. The number of unbranched alkanes of at least 4 members (excludes halogenated alkanes) is 2. The topological polar surface area (TPSA) is 40.5 Å². The van der Waals surface area contributed by atoms with Gasteiger partial charge in [0.25, 0.3) is 0 Å². The second-order valence-electron chi connectivity index (χ2n) is 12.3. The summed E-state index contributed by atoms with van der Waals surface area (Å²) in [4.78, 5) is 0. The first-order chi connectivity index (χ1) is 15.2. The van der Waals surface area contributed by atoms with Gasteiger partial charge in [0.1, 0.15) is 0 Å². The summed E-state index contributed by atoms with van der Waals surface area (Å²) < 4.78 is 0. The van der Waals surface area contributed by atoms with E-state index >= 15 is 0 Å². The molecule has 2 N–H and O–H groups in total. The number of hydrogen-bond donors (Lipinski definition) is 2. The monoisotopic (exact) mass is 486 g/mol. The molecule has 0 saturated carbocycles. The zero-order chi connectivity index (χ0) is 23.5. The van der Waals surface area contributed by atoms with Crippen molar-refractivity contribution in [3.05, 3.63) is 0 Å². The summed E-state index contributed by atoms with van der Waals surface area (Å²) in [6, 6.07) is 0. The van der Waals surface area contributed by atoms with E-state index in [2.05, 4.69) is 51.2 Å². The van der Waals surface area contributed by atoms with Crippen LogP contribution < -0.4 is 0 Å². The van der Waals surface area contributed by atoms with Gasteiger partial charge in [0, 0.05) is 34.2 Å². The minimum absolute atomic E-state index is 0.105. The fraction of sp³-hybridized carbons (Fsp3) is 1.00. The van der Waals surface area contributed by atoms with Crippen LogP contribution >= 0.6 is 23.5 Å². The summed E-state index contributed by atoms with van der Waals surface area (Å²) in [7, 11) is 0. The van der Waals surface area contributed by atoms with Crippen LogP contribution in [0, 0.1) is 10.8 Å². The standard InChI is InChI=1S/C28H54O2S2/c1-27(2,21-29)19-7-5-11-23-13-9-15-25(31-23)17-18-26-16-10-14-24(32-26)12-6-8-20-28(3,4)22-30/h23-26,29-30H,5-22H2,1-4H3. The fourth-order valence-electron chi connectivity index (χ4n) is 5.29. The molecule has 0 aromatic rings. The van der Waals surface area contributed by atoms with Crippen molar-refractivity contribution in [2.24, 2.45) is 10.8 Å². The maximum absolute atomic E-state index is 9.44. The molecule has 2 aliphatic rings. The molecular formula is C28H54O2S2. The average molecular weight is 487 g/mol. The average Bonchev–Trinajstić information content (AvgIpc) is 2.79. The lowest BCUT2D eigenvalue weighted by molar-refractivity contribution is 0.147. The second-order valence-corrected chi connectivity index (χ2v) is 15.5. The Bertz CT molecular complexity index is 450. The van der Waals surface area contributed by atoms with Gasteiger partial charge in [-0.15, -0.1) is 0 Å². The maximum Gasteiger partial charge on any atom is 0.0482 e. The van der Waals surface area contributed by atoms with Crippen molar-refractivity contribution in [1.82, 2.24) is 0 Å². The van der Waals surface area contributed by atoms with Crippen molar-refractivity contribution >= 4 is 23.5 Å². The van der Waals surface area contributed by atoms with Crippen LogP contribution in [-0.2, 0) is 0 Å².